The molecule has 0 radical (unpaired) electrons. The lowest BCUT2D eigenvalue weighted by Crippen LogP contribution is -2.41. The fourth-order valence-electron chi connectivity index (χ4n) is 4.77. The number of anilines is 3. The zero-order chi connectivity index (χ0) is 26.5. The number of carbonyl (C=O) groups excluding carboxylic acids is 1. The maximum absolute atomic E-state index is 12.5. The monoisotopic (exact) mass is 515 g/mol. The Labute approximate surface area is 221 Å². The van der Waals surface area contributed by atoms with Crippen LogP contribution in [-0.2, 0) is 9.53 Å². The van der Waals surface area contributed by atoms with E-state index in [2.05, 4.69) is 54.2 Å². The van der Waals surface area contributed by atoms with E-state index in [1.165, 1.54) is 0 Å². The molecule has 1 atom stereocenters. The Kier molecular flexibility index (Phi) is 9.65. The van der Waals surface area contributed by atoms with Crippen molar-refractivity contribution in [1.82, 2.24) is 4.98 Å². The molecule has 1 aliphatic rings. The Morgan fingerprint density at radius 2 is 1.86 bits per heavy atom. The molecular formula is C29H42ClN3O3. The standard InChI is InChI=1S/C29H42ClN3O3/c1-19(2)18-33(23-9-11-24(34)12-10-23)26-13-7-21(20(3)15-28(35)36-29(4,5)6)16-25(26)32-22-8-14-27(30)31-17-22/h7-8,13-14,16-17,19-20,23-24,32,34H,9-12,15,18H2,1-6H3/t20-,23-,24-/m1/s1. The number of aliphatic hydroxyl groups excluding tert-OH is 1. The van der Waals surface area contributed by atoms with Crippen molar-refractivity contribution in [3.8, 4) is 0 Å². The van der Waals surface area contributed by atoms with Crippen LogP contribution in [-0.4, -0.2) is 40.4 Å². The maximum Gasteiger partial charge on any atom is 0.306 e. The molecule has 1 heterocycles. The van der Waals surface area contributed by atoms with Gasteiger partial charge in [-0.3, -0.25) is 4.79 Å². The van der Waals surface area contributed by atoms with Gasteiger partial charge in [0.05, 0.1) is 35.8 Å². The SMILES string of the molecule is CC(C)CN(c1ccc([C@H](C)CC(=O)OC(C)(C)C)cc1Nc1ccc(Cl)nc1)[C@H]1CC[C@H](O)CC1. The highest BCUT2D eigenvalue weighted by atomic mass is 35.5. The predicted molar refractivity (Wildman–Crippen MR) is 148 cm³/mol. The van der Waals surface area contributed by atoms with Gasteiger partial charge in [-0.15, -0.1) is 0 Å². The van der Waals surface area contributed by atoms with Gasteiger partial charge in [0.1, 0.15) is 10.8 Å². The number of halogens is 1. The van der Waals surface area contributed by atoms with E-state index in [0.29, 0.717) is 23.5 Å². The van der Waals surface area contributed by atoms with E-state index in [4.69, 9.17) is 16.3 Å². The Hall–Kier alpha value is -2.31. The number of pyridine rings is 1. The molecule has 0 saturated heterocycles. The summed E-state index contributed by atoms with van der Waals surface area (Å²) in [6.07, 6.45) is 5.43. The van der Waals surface area contributed by atoms with E-state index < -0.39 is 5.60 Å². The van der Waals surface area contributed by atoms with Gasteiger partial charge in [0.25, 0.3) is 0 Å². The number of hydrogen-bond acceptors (Lipinski definition) is 6. The number of hydrogen-bond donors (Lipinski definition) is 2. The van der Waals surface area contributed by atoms with Crippen LogP contribution in [0.4, 0.5) is 17.1 Å². The molecular weight excluding hydrogens is 474 g/mol. The zero-order valence-corrected chi connectivity index (χ0v) is 23.3. The van der Waals surface area contributed by atoms with E-state index in [-0.39, 0.29) is 18.0 Å². The van der Waals surface area contributed by atoms with Gasteiger partial charge in [0, 0.05) is 12.6 Å². The quantitative estimate of drug-likeness (QED) is 0.274. The van der Waals surface area contributed by atoms with E-state index in [9.17, 15) is 9.90 Å². The molecule has 3 rings (SSSR count). The molecule has 1 aliphatic carbocycles. The van der Waals surface area contributed by atoms with Gasteiger partial charge in [-0.25, -0.2) is 4.98 Å². The number of benzene rings is 1. The fourth-order valence-corrected chi connectivity index (χ4v) is 4.89. The first-order chi connectivity index (χ1) is 16.9. The van der Waals surface area contributed by atoms with Crippen molar-refractivity contribution in [2.45, 2.75) is 97.3 Å². The second-order valence-corrected chi connectivity index (χ2v) is 11.9. The lowest BCUT2D eigenvalue weighted by Gasteiger charge is -2.39. The first-order valence-corrected chi connectivity index (χ1v) is 13.5. The molecule has 0 amide bonds. The lowest BCUT2D eigenvalue weighted by atomic mass is 9.90. The van der Waals surface area contributed by atoms with Crippen LogP contribution in [0.2, 0.25) is 5.15 Å². The minimum Gasteiger partial charge on any atom is -0.460 e. The Balaban J connectivity index is 1.95. The first kappa shape index (κ1) is 28.3. The highest BCUT2D eigenvalue weighted by Crippen LogP contribution is 2.37. The van der Waals surface area contributed by atoms with Crippen LogP contribution < -0.4 is 10.2 Å². The minimum atomic E-state index is -0.500. The number of aromatic nitrogens is 1. The summed E-state index contributed by atoms with van der Waals surface area (Å²) in [6.45, 7) is 13.1. The molecule has 2 aromatic rings. The minimum absolute atomic E-state index is 0.00108. The summed E-state index contributed by atoms with van der Waals surface area (Å²) in [5, 5.41) is 14.1. The predicted octanol–water partition coefficient (Wildman–Crippen LogP) is 7.08. The smallest absolute Gasteiger partial charge is 0.306 e. The van der Waals surface area contributed by atoms with E-state index >= 15 is 0 Å². The van der Waals surface area contributed by atoms with Crippen LogP contribution in [0, 0.1) is 5.92 Å². The molecule has 1 saturated carbocycles. The summed E-state index contributed by atoms with van der Waals surface area (Å²) in [5.41, 5.74) is 3.51. The van der Waals surface area contributed by atoms with Crippen LogP contribution in [0.15, 0.2) is 36.5 Å². The summed E-state index contributed by atoms with van der Waals surface area (Å²) < 4.78 is 5.56. The van der Waals surface area contributed by atoms with Gasteiger partial charge >= 0.3 is 5.97 Å². The molecule has 0 unspecified atom stereocenters. The average Bonchev–Trinajstić information content (AvgIpc) is 2.78. The largest absolute Gasteiger partial charge is 0.460 e. The third kappa shape index (κ3) is 8.38. The number of carbonyl (C=O) groups is 1. The van der Waals surface area contributed by atoms with Gasteiger partial charge in [-0.2, -0.15) is 0 Å². The highest BCUT2D eigenvalue weighted by Gasteiger charge is 2.28. The van der Waals surface area contributed by atoms with Crippen molar-refractivity contribution in [2.75, 3.05) is 16.8 Å². The molecule has 2 N–H and O–H groups in total. The normalized spacial score (nSPS) is 19.1. The molecule has 198 valence electrons. The third-order valence-electron chi connectivity index (χ3n) is 6.47. The molecule has 0 bridgehead atoms. The molecule has 7 heteroatoms. The summed E-state index contributed by atoms with van der Waals surface area (Å²) >= 11 is 6.02. The van der Waals surface area contributed by atoms with Crippen molar-refractivity contribution >= 4 is 34.6 Å². The van der Waals surface area contributed by atoms with E-state index in [1.54, 1.807) is 12.3 Å². The van der Waals surface area contributed by atoms with Crippen LogP contribution in [0.3, 0.4) is 0 Å². The van der Waals surface area contributed by atoms with Gasteiger partial charge in [0.15, 0.2) is 0 Å². The molecule has 36 heavy (non-hydrogen) atoms. The number of nitrogens with one attached hydrogen (secondary N) is 1. The number of ether oxygens (including phenoxy) is 1. The third-order valence-corrected chi connectivity index (χ3v) is 6.69. The van der Waals surface area contributed by atoms with Crippen LogP contribution in [0.25, 0.3) is 0 Å². The molecule has 1 aromatic carbocycles. The first-order valence-electron chi connectivity index (χ1n) is 13.1. The summed E-state index contributed by atoms with van der Waals surface area (Å²) in [5.74, 6) is 0.284. The van der Waals surface area contributed by atoms with Crippen molar-refractivity contribution in [3.63, 3.8) is 0 Å². The number of rotatable bonds is 9. The Morgan fingerprint density at radius 3 is 2.44 bits per heavy atom. The Bertz CT molecular complexity index is 996. The van der Waals surface area contributed by atoms with E-state index in [0.717, 1.165) is 54.9 Å². The van der Waals surface area contributed by atoms with Crippen LogP contribution >= 0.6 is 11.6 Å². The Morgan fingerprint density at radius 1 is 1.17 bits per heavy atom. The zero-order valence-electron chi connectivity index (χ0n) is 22.6. The number of nitrogens with zero attached hydrogens (tertiary/aromatic N) is 2. The van der Waals surface area contributed by atoms with Gasteiger partial charge in [-0.05, 0) is 88.1 Å². The van der Waals surface area contributed by atoms with Crippen molar-refractivity contribution in [3.05, 3.63) is 47.2 Å². The maximum atomic E-state index is 12.5. The van der Waals surface area contributed by atoms with Gasteiger partial charge < -0.3 is 20.1 Å². The molecule has 0 spiro atoms. The van der Waals surface area contributed by atoms with Crippen molar-refractivity contribution in [2.24, 2.45) is 5.92 Å². The van der Waals surface area contributed by atoms with Gasteiger partial charge in [0.2, 0.25) is 0 Å². The fraction of sp³-hybridized carbons (Fsp3) is 0.586. The summed E-state index contributed by atoms with van der Waals surface area (Å²) in [4.78, 5) is 19.2. The highest BCUT2D eigenvalue weighted by molar-refractivity contribution is 6.29. The molecule has 1 aromatic heterocycles. The summed E-state index contributed by atoms with van der Waals surface area (Å²) in [7, 11) is 0. The van der Waals surface area contributed by atoms with E-state index in [1.807, 2.05) is 26.8 Å². The lowest BCUT2D eigenvalue weighted by molar-refractivity contribution is -0.155. The number of esters is 1. The second-order valence-electron chi connectivity index (χ2n) is 11.5. The van der Waals surface area contributed by atoms with Gasteiger partial charge in [-0.1, -0.05) is 38.4 Å². The summed E-state index contributed by atoms with van der Waals surface area (Å²) in [6, 6.07) is 10.5. The molecule has 1 fully saturated rings. The van der Waals surface area contributed by atoms with Crippen LogP contribution in [0.5, 0.6) is 0 Å². The topological polar surface area (TPSA) is 74.7 Å². The second kappa shape index (κ2) is 12.3. The average molecular weight is 516 g/mol. The number of aliphatic hydroxyl groups is 1. The molecule has 6 nitrogen and oxygen atoms in total. The van der Waals surface area contributed by atoms with Crippen LogP contribution in [0.1, 0.15) is 85.1 Å². The van der Waals surface area contributed by atoms with Crippen molar-refractivity contribution < 1.29 is 14.6 Å². The molecule has 0 aliphatic heterocycles. The van der Waals surface area contributed by atoms with Crippen molar-refractivity contribution in [1.29, 1.82) is 0 Å².